The van der Waals surface area contributed by atoms with Gasteiger partial charge in [-0.2, -0.15) is 0 Å². The molecule has 2 N–H and O–H groups in total. The van der Waals surface area contributed by atoms with Gasteiger partial charge in [-0.05, 0) is 24.1 Å². The van der Waals surface area contributed by atoms with Crippen LogP contribution in [-0.4, -0.2) is 20.4 Å². The second-order valence-corrected chi connectivity index (χ2v) is 6.36. The molecule has 0 unspecified atom stereocenters. The van der Waals surface area contributed by atoms with Gasteiger partial charge in [-0.3, -0.25) is 4.79 Å². The Morgan fingerprint density at radius 3 is 2.69 bits per heavy atom. The molecule has 2 heterocycles. The van der Waals surface area contributed by atoms with Crippen molar-refractivity contribution in [1.82, 2.24) is 19.9 Å². The summed E-state index contributed by atoms with van der Waals surface area (Å²) in [6.45, 7) is 3.16. The standard InChI is InChI=1S/C21H20N4O/c1-15-20(18-8-4-5-9-19(18)24-15)21(26)23-12-16-6-2-3-7-17(16)13-25-11-10-22-14-25/h2-11,14,24H,12-13H2,1H3,(H,23,26). The zero-order valence-corrected chi connectivity index (χ0v) is 14.6. The summed E-state index contributed by atoms with van der Waals surface area (Å²) in [7, 11) is 0. The highest BCUT2D eigenvalue weighted by Crippen LogP contribution is 2.22. The highest BCUT2D eigenvalue weighted by molar-refractivity contribution is 6.08. The number of benzene rings is 2. The van der Waals surface area contributed by atoms with Crippen LogP contribution in [-0.2, 0) is 13.1 Å². The number of rotatable bonds is 5. The predicted octanol–water partition coefficient (Wildman–Crippen LogP) is 3.65. The first-order chi connectivity index (χ1) is 12.7. The van der Waals surface area contributed by atoms with E-state index in [-0.39, 0.29) is 5.91 Å². The summed E-state index contributed by atoms with van der Waals surface area (Å²) in [5, 5.41) is 4.02. The van der Waals surface area contributed by atoms with Crippen LogP contribution in [0.1, 0.15) is 27.2 Å². The molecule has 0 aliphatic carbocycles. The minimum Gasteiger partial charge on any atom is -0.358 e. The zero-order valence-electron chi connectivity index (χ0n) is 14.6. The van der Waals surface area contributed by atoms with Crippen LogP contribution in [0.15, 0.2) is 67.3 Å². The molecule has 5 nitrogen and oxygen atoms in total. The molecule has 0 aliphatic heterocycles. The fourth-order valence-corrected chi connectivity index (χ4v) is 3.29. The number of hydrogen-bond acceptors (Lipinski definition) is 2. The third-order valence-corrected chi connectivity index (χ3v) is 4.59. The monoisotopic (exact) mass is 344 g/mol. The highest BCUT2D eigenvalue weighted by Gasteiger charge is 2.15. The maximum atomic E-state index is 12.8. The minimum atomic E-state index is -0.0580. The van der Waals surface area contributed by atoms with E-state index in [9.17, 15) is 4.79 Å². The summed E-state index contributed by atoms with van der Waals surface area (Å²) in [5.41, 5.74) is 4.85. The molecule has 0 fully saturated rings. The number of hydrogen-bond donors (Lipinski definition) is 2. The van der Waals surface area contributed by atoms with Crippen molar-refractivity contribution in [1.29, 1.82) is 0 Å². The van der Waals surface area contributed by atoms with Crippen molar-refractivity contribution in [3.8, 4) is 0 Å². The Balaban J connectivity index is 1.54. The molecule has 4 aromatic rings. The van der Waals surface area contributed by atoms with Crippen LogP contribution in [0.5, 0.6) is 0 Å². The van der Waals surface area contributed by atoms with Gasteiger partial charge in [0.15, 0.2) is 0 Å². The average Bonchev–Trinajstić information content (AvgIpc) is 3.27. The van der Waals surface area contributed by atoms with Gasteiger partial charge >= 0.3 is 0 Å². The first-order valence-electron chi connectivity index (χ1n) is 8.60. The topological polar surface area (TPSA) is 62.7 Å². The molecule has 0 atom stereocenters. The van der Waals surface area contributed by atoms with Crippen molar-refractivity contribution in [3.63, 3.8) is 0 Å². The molecule has 0 aliphatic rings. The second-order valence-electron chi connectivity index (χ2n) is 6.36. The summed E-state index contributed by atoms with van der Waals surface area (Å²) in [5.74, 6) is -0.0580. The molecule has 26 heavy (non-hydrogen) atoms. The van der Waals surface area contributed by atoms with E-state index in [0.717, 1.165) is 28.7 Å². The number of carbonyl (C=O) groups excluding carboxylic acids is 1. The van der Waals surface area contributed by atoms with Gasteiger partial charge in [-0.25, -0.2) is 4.98 Å². The molecule has 130 valence electrons. The molecule has 0 spiro atoms. The Morgan fingerprint density at radius 2 is 1.88 bits per heavy atom. The lowest BCUT2D eigenvalue weighted by atomic mass is 10.1. The van der Waals surface area contributed by atoms with E-state index < -0.39 is 0 Å². The normalized spacial score (nSPS) is 11.0. The summed E-state index contributed by atoms with van der Waals surface area (Å²) >= 11 is 0. The van der Waals surface area contributed by atoms with Crippen LogP contribution in [0.3, 0.4) is 0 Å². The number of para-hydroxylation sites is 1. The van der Waals surface area contributed by atoms with E-state index in [2.05, 4.69) is 27.4 Å². The molecule has 0 bridgehead atoms. The van der Waals surface area contributed by atoms with E-state index in [0.29, 0.717) is 12.1 Å². The largest absolute Gasteiger partial charge is 0.358 e. The number of carbonyl (C=O) groups is 1. The van der Waals surface area contributed by atoms with E-state index in [1.54, 1.807) is 12.5 Å². The molecule has 0 saturated carbocycles. The molecule has 0 saturated heterocycles. The summed E-state index contributed by atoms with van der Waals surface area (Å²) < 4.78 is 2.02. The van der Waals surface area contributed by atoms with Gasteiger partial charge in [0.1, 0.15) is 0 Å². The molecule has 2 aromatic carbocycles. The van der Waals surface area contributed by atoms with E-state index in [4.69, 9.17) is 0 Å². The molecular weight excluding hydrogens is 324 g/mol. The summed E-state index contributed by atoms with van der Waals surface area (Å²) in [4.78, 5) is 20.2. The second kappa shape index (κ2) is 6.88. The minimum absolute atomic E-state index is 0.0580. The number of aromatic nitrogens is 3. The molecule has 0 radical (unpaired) electrons. The van der Waals surface area contributed by atoms with Gasteiger partial charge in [-0.15, -0.1) is 0 Å². The first kappa shape index (κ1) is 16.1. The SMILES string of the molecule is Cc1[nH]c2ccccc2c1C(=O)NCc1ccccc1Cn1ccnc1. The molecule has 5 heteroatoms. The van der Waals surface area contributed by atoms with Crippen molar-refractivity contribution in [2.24, 2.45) is 0 Å². The Morgan fingerprint density at radius 1 is 1.12 bits per heavy atom. The fourth-order valence-electron chi connectivity index (χ4n) is 3.29. The first-order valence-corrected chi connectivity index (χ1v) is 8.60. The Labute approximate surface area is 151 Å². The highest BCUT2D eigenvalue weighted by atomic mass is 16.1. The number of nitrogens with one attached hydrogen (secondary N) is 2. The van der Waals surface area contributed by atoms with E-state index in [1.807, 2.05) is 54.1 Å². The Bertz CT molecular complexity index is 1050. The molecule has 2 aromatic heterocycles. The maximum absolute atomic E-state index is 12.8. The smallest absolute Gasteiger partial charge is 0.253 e. The fraction of sp³-hybridized carbons (Fsp3) is 0.143. The third-order valence-electron chi connectivity index (χ3n) is 4.59. The number of nitrogens with zero attached hydrogens (tertiary/aromatic N) is 2. The number of imidazole rings is 1. The van der Waals surface area contributed by atoms with Crippen LogP contribution >= 0.6 is 0 Å². The predicted molar refractivity (Wildman–Crippen MR) is 102 cm³/mol. The number of aromatic amines is 1. The number of fused-ring (bicyclic) bond motifs is 1. The van der Waals surface area contributed by atoms with Gasteiger partial charge in [0.2, 0.25) is 0 Å². The third kappa shape index (κ3) is 3.11. The number of aryl methyl sites for hydroxylation is 1. The van der Waals surface area contributed by atoms with Gasteiger partial charge in [0.25, 0.3) is 5.91 Å². The molecular formula is C21H20N4O. The Kier molecular flexibility index (Phi) is 4.27. The zero-order chi connectivity index (χ0) is 17.9. The van der Waals surface area contributed by atoms with Crippen LogP contribution < -0.4 is 5.32 Å². The quantitative estimate of drug-likeness (QED) is 0.580. The van der Waals surface area contributed by atoms with Crippen LogP contribution in [0, 0.1) is 6.92 Å². The summed E-state index contributed by atoms with van der Waals surface area (Å²) in [6.07, 6.45) is 5.50. The van der Waals surface area contributed by atoms with Crippen molar-refractivity contribution < 1.29 is 4.79 Å². The van der Waals surface area contributed by atoms with Crippen molar-refractivity contribution in [2.75, 3.05) is 0 Å². The van der Waals surface area contributed by atoms with Crippen LogP contribution in [0.2, 0.25) is 0 Å². The maximum Gasteiger partial charge on any atom is 0.253 e. The summed E-state index contributed by atoms with van der Waals surface area (Å²) in [6, 6.07) is 16.0. The van der Waals surface area contributed by atoms with Gasteiger partial charge in [0, 0.05) is 42.1 Å². The number of H-pyrrole nitrogens is 1. The van der Waals surface area contributed by atoms with Crippen molar-refractivity contribution in [2.45, 2.75) is 20.0 Å². The number of amides is 1. The average molecular weight is 344 g/mol. The van der Waals surface area contributed by atoms with Crippen molar-refractivity contribution in [3.05, 3.63) is 89.6 Å². The van der Waals surface area contributed by atoms with Gasteiger partial charge in [0.05, 0.1) is 11.9 Å². The van der Waals surface area contributed by atoms with E-state index >= 15 is 0 Å². The van der Waals surface area contributed by atoms with Gasteiger partial charge < -0.3 is 14.9 Å². The lowest BCUT2D eigenvalue weighted by molar-refractivity contribution is 0.0952. The van der Waals surface area contributed by atoms with Crippen LogP contribution in [0.25, 0.3) is 10.9 Å². The van der Waals surface area contributed by atoms with Crippen molar-refractivity contribution >= 4 is 16.8 Å². The Hall–Kier alpha value is -3.34. The van der Waals surface area contributed by atoms with Crippen LogP contribution in [0.4, 0.5) is 0 Å². The molecule has 4 rings (SSSR count). The lowest BCUT2D eigenvalue weighted by Gasteiger charge is -2.11. The lowest BCUT2D eigenvalue weighted by Crippen LogP contribution is -2.24. The van der Waals surface area contributed by atoms with Gasteiger partial charge in [-0.1, -0.05) is 42.5 Å². The molecule has 1 amide bonds. The van der Waals surface area contributed by atoms with E-state index in [1.165, 1.54) is 5.56 Å².